The van der Waals surface area contributed by atoms with E-state index in [0.29, 0.717) is 25.2 Å². The molecule has 0 saturated carbocycles. The number of nitrogens with one attached hydrogen (secondary N) is 1. The lowest BCUT2D eigenvalue weighted by Crippen LogP contribution is -2.32. The molecular weight excluding hydrogens is 302 g/mol. The molecule has 1 aromatic rings. The predicted octanol–water partition coefficient (Wildman–Crippen LogP) is 2.16. The quantitative estimate of drug-likeness (QED) is 0.862. The predicted molar refractivity (Wildman–Crippen MR) is 83.3 cm³/mol. The highest BCUT2D eigenvalue weighted by atomic mass is 16.5. The number of hydrogen-bond acceptors (Lipinski definition) is 5. The average molecular weight is 323 g/mol. The zero-order valence-corrected chi connectivity index (χ0v) is 13.4. The summed E-state index contributed by atoms with van der Waals surface area (Å²) in [7, 11) is 2.85. The van der Waals surface area contributed by atoms with E-state index < -0.39 is 5.97 Å². The summed E-state index contributed by atoms with van der Waals surface area (Å²) in [5.41, 5.74) is 0.298. The molecule has 2 N–H and O–H groups in total. The van der Waals surface area contributed by atoms with Crippen LogP contribution in [0.2, 0.25) is 0 Å². The summed E-state index contributed by atoms with van der Waals surface area (Å²) in [6, 6.07) is 2.72. The van der Waals surface area contributed by atoms with Crippen molar-refractivity contribution in [2.75, 3.05) is 26.1 Å². The summed E-state index contributed by atoms with van der Waals surface area (Å²) < 4.78 is 15.8. The third-order valence-corrected chi connectivity index (χ3v) is 3.84. The van der Waals surface area contributed by atoms with Crippen molar-refractivity contribution in [2.24, 2.45) is 5.92 Å². The highest BCUT2D eigenvalue weighted by Crippen LogP contribution is 2.37. The summed E-state index contributed by atoms with van der Waals surface area (Å²) in [5.74, 6) is -0.916. The molecule has 2 atom stereocenters. The zero-order chi connectivity index (χ0) is 17.0. The molecule has 0 bridgehead atoms. The van der Waals surface area contributed by atoms with Crippen molar-refractivity contribution in [3.63, 3.8) is 0 Å². The molecule has 1 aromatic carbocycles. The van der Waals surface area contributed by atoms with Crippen LogP contribution in [0.15, 0.2) is 12.1 Å². The molecule has 23 heavy (non-hydrogen) atoms. The van der Waals surface area contributed by atoms with Crippen molar-refractivity contribution in [1.29, 1.82) is 0 Å². The maximum Gasteiger partial charge on any atom is 0.335 e. The van der Waals surface area contributed by atoms with Gasteiger partial charge in [0.2, 0.25) is 5.91 Å². The smallest absolute Gasteiger partial charge is 0.335 e. The number of ether oxygens (including phenoxy) is 3. The van der Waals surface area contributed by atoms with Crippen molar-refractivity contribution in [1.82, 2.24) is 0 Å². The largest absolute Gasteiger partial charge is 0.493 e. The van der Waals surface area contributed by atoms with Crippen LogP contribution in [0.1, 0.15) is 30.1 Å². The Kier molecular flexibility index (Phi) is 5.44. The number of rotatable bonds is 5. The van der Waals surface area contributed by atoms with Gasteiger partial charge in [0, 0.05) is 12.5 Å². The van der Waals surface area contributed by atoms with Gasteiger partial charge >= 0.3 is 5.97 Å². The molecule has 1 aliphatic heterocycles. The lowest BCUT2D eigenvalue weighted by Gasteiger charge is -2.26. The normalized spacial score (nSPS) is 20.7. The van der Waals surface area contributed by atoms with Gasteiger partial charge in [0.15, 0.2) is 11.5 Å². The van der Waals surface area contributed by atoms with E-state index in [2.05, 4.69) is 5.32 Å². The van der Waals surface area contributed by atoms with Gasteiger partial charge in [0.05, 0.1) is 31.6 Å². The first-order valence-electron chi connectivity index (χ1n) is 7.38. The molecule has 2 rings (SSSR count). The van der Waals surface area contributed by atoms with E-state index >= 15 is 0 Å². The third kappa shape index (κ3) is 3.92. The first-order valence-corrected chi connectivity index (χ1v) is 7.38. The van der Waals surface area contributed by atoms with Gasteiger partial charge in [0.25, 0.3) is 0 Å². The Balaban J connectivity index is 2.28. The molecule has 7 heteroatoms. The summed E-state index contributed by atoms with van der Waals surface area (Å²) in [6.45, 7) is 2.46. The van der Waals surface area contributed by atoms with Crippen LogP contribution in [0.4, 0.5) is 5.69 Å². The van der Waals surface area contributed by atoms with Crippen molar-refractivity contribution in [3.05, 3.63) is 17.7 Å². The number of carboxylic acids is 1. The van der Waals surface area contributed by atoms with Crippen molar-refractivity contribution < 1.29 is 28.9 Å². The van der Waals surface area contributed by atoms with E-state index in [9.17, 15) is 14.7 Å². The molecule has 0 radical (unpaired) electrons. The molecule has 0 aliphatic carbocycles. The average Bonchev–Trinajstić information content (AvgIpc) is 2.53. The highest BCUT2D eigenvalue weighted by Gasteiger charge is 2.27. The van der Waals surface area contributed by atoms with Crippen LogP contribution in [-0.4, -0.2) is 43.9 Å². The van der Waals surface area contributed by atoms with Crippen LogP contribution in [0.3, 0.4) is 0 Å². The van der Waals surface area contributed by atoms with E-state index in [-0.39, 0.29) is 34.9 Å². The van der Waals surface area contributed by atoms with Gasteiger partial charge < -0.3 is 24.6 Å². The zero-order valence-electron chi connectivity index (χ0n) is 13.4. The second-order valence-electron chi connectivity index (χ2n) is 5.46. The van der Waals surface area contributed by atoms with Crippen LogP contribution in [0.25, 0.3) is 0 Å². The SMILES string of the molecule is COc1cc(C(=O)O)cc(NC(=O)C2CCOC(C)C2)c1OC. The highest BCUT2D eigenvalue weighted by molar-refractivity contribution is 5.97. The minimum atomic E-state index is -1.11. The summed E-state index contributed by atoms with van der Waals surface area (Å²) in [6.07, 6.45) is 1.29. The standard InChI is InChI=1S/C16H21NO6/c1-9-6-10(4-5-23-9)15(18)17-12-7-11(16(19)20)8-13(21-2)14(12)22-3/h7-10H,4-6H2,1-3H3,(H,17,18)(H,19,20). The fourth-order valence-electron chi connectivity index (χ4n) is 2.65. The maximum atomic E-state index is 12.5. The molecule has 1 saturated heterocycles. The number of anilines is 1. The van der Waals surface area contributed by atoms with Crippen molar-refractivity contribution in [3.8, 4) is 11.5 Å². The number of benzene rings is 1. The second-order valence-corrected chi connectivity index (χ2v) is 5.46. The number of carboxylic acid groups (broad SMARTS) is 1. The Labute approximate surface area is 134 Å². The van der Waals surface area contributed by atoms with Crippen LogP contribution in [0.5, 0.6) is 11.5 Å². The van der Waals surface area contributed by atoms with E-state index in [4.69, 9.17) is 14.2 Å². The maximum absolute atomic E-state index is 12.5. The van der Waals surface area contributed by atoms with Crippen LogP contribution in [0, 0.1) is 5.92 Å². The summed E-state index contributed by atoms with van der Waals surface area (Å²) in [5, 5.41) is 11.9. The van der Waals surface area contributed by atoms with Gasteiger partial charge in [-0.15, -0.1) is 0 Å². The summed E-state index contributed by atoms with van der Waals surface area (Å²) in [4.78, 5) is 23.7. The molecule has 1 heterocycles. The van der Waals surface area contributed by atoms with Gasteiger partial charge in [-0.1, -0.05) is 0 Å². The fourth-order valence-corrected chi connectivity index (χ4v) is 2.65. The second kappa shape index (κ2) is 7.32. The van der Waals surface area contributed by atoms with Gasteiger partial charge in [-0.25, -0.2) is 4.79 Å². The van der Waals surface area contributed by atoms with Gasteiger partial charge in [0.1, 0.15) is 0 Å². The monoisotopic (exact) mass is 323 g/mol. The first-order chi connectivity index (χ1) is 11.0. The van der Waals surface area contributed by atoms with Gasteiger partial charge in [-0.3, -0.25) is 4.79 Å². The first kappa shape index (κ1) is 17.1. The molecule has 0 aromatic heterocycles. The third-order valence-electron chi connectivity index (χ3n) is 3.84. The van der Waals surface area contributed by atoms with Crippen LogP contribution in [-0.2, 0) is 9.53 Å². The fraction of sp³-hybridized carbons (Fsp3) is 0.500. The number of aromatic carboxylic acids is 1. The lowest BCUT2D eigenvalue weighted by molar-refractivity contribution is -0.124. The molecule has 1 fully saturated rings. The van der Waals surface area contributed by atoms with Crippen LogP contribution >= 0.6 is 0 Å². The molecule has 1 amide bonds. The molecule has 0 spiro atoms. The topological polar surface area (TPSA) is 94.1 Å². The van der Waals surface area contributed by atoms with E-state index in [1.807, 2.05) is 6.92 Å². The minimum Gasteiger partial charge on any atom is -0.493 e. The Morgan fingerprint density at radius 3 is 2.61 bits per heavy atom. The van der Waals surface area contributed by atoms with Crippen molar-refractivity contribution >= 4 is 17.6 Å². The molecule has 7 nitrogen and oxygen atoms in total. The van der Waals surface area contributed by atoms with Crippen LogP contribution < -0.4 is 14.8 Å². The molecule has 126 valence electrons. The summed E-state index contributed by atoms with van der Waals surface area (Å²) >= 11 is 0. The number of hydrogen-bond donors (Lipinski definition) is 2. The van der Waals surface area contributed by atoms with Crippen molar-refractivity contribution in [2.45, 2.75) is 25.9 Å². The molecule has 1 aliphatic rings. The number of carbonyl (C=O) groups excluding carboxylic acids is 1. The Hall–Kier alpha value is -2.28. The Bertz CT molecular complexity index is 600. The number of amides is 1. The Morgan fingerprint density at radius 2 is 2.04 bits per heavy atom. The van der Waals surface area contributed by atoms with E-state index in [1.165, 1.54) is 26.4 Å². The molecular formula is C16H21NO6. The van der Waals surface area contributed by atoms with E-state index in [0.717, 1.165) is 0 Å². The minimum absolute atomic E-state index is 0.0123. The number of carbonyl (C=O) groups is 2. The lowest BCUT2D eigenvalue weighted by atomic mass is 9.95. The molecule has 2 unspecified atom stereocenters. The van der Waals surface area contributed by atoms with Gasteiger partial charge in [-0.05, 0) is 31.9 Å². The number of methoxy groups -OCH3 is 2. The van der Waals surface area contributed by atoms with E-state index in [1.54, 1.807) is 0 Å². The van der Waals surface area contributed by atoms with Gasteiger partial charge in [-0.2, -0.15) is 0 Å². The Morgan fingerprint density at radius 1 is 1.30 bits per heavy atom.